The minimum absolute atomic E-state index is 0.0376. The Hall–Kier alpha value is -1.99. The highest BCUT2D eigenvalue weighted by Crippen LogP contribution is 2.18. The quantitative estimate of drug-likeness (QED) is 0.889. The Kier molecular flexibility index (Phi) is 5.46. The molecule has 1 heterocycles. The predicted molar refractivity (Wildman–Crippen MR) is 86.7 cm³/mol. The van der Waals surface area contributed by atoms with Crippen LogP contribution in [0.1, 0.15) is 16.5 Å². The fourth-order valence-corrected chi connectivity index (χ4v) is 2.69. The number of thiazole rings is 1. The fourth-order valence-electron chi connectivity index (χ4n) is 2.03. The van der Waals surface area contributed by atoms with Gasteiger partial charge in [-0.15, -0.1) is 11.3 Å². The number of urea groups is 1. The SMILES string of the molecule is Cc1cnc(NC(=O)NC[C@H](c2ccc(F)cc2)N(C)C)s1. The molecule has 0 aliphatic heterocycles. The van der Waals surface area contributed by atoms with Gasteiger partial charge in [-0.3, -0.25) is 5.32 Å². The van der Waals surface area contributed by atoms with Crippen LogP contribution in [-0.4, -0.2) is 36.6 Å². The maximum absolute atomic E-state index is 13.0. The Morgan fingerprint density at radius 3 is 2.59 bits per heavy atom. The number of likely N-dealkylation sites (N-methyl/N-ethyl adjacent to an activating group) is 1. The number of carbonyl (C=O) groups excluding carboxylic acids is 1. The van der Waals surface area contributed by atoms with Crippen LogP contribution in [0.15, 0.2) is 30.5 Å². The summed E-state index contributed by atoms with van der Waals surface area (Å²) in [6, 6.07) is 5.95. The van der Waals surface area contributed by atoms with Crippen molar-refractivity contribution in [2.24, 2.45) is 0 Å². The van der Waals surface area contributed by atoms with Crippen LogP contribution in [0.3, 0.4) is 0 Å². The zero-order valence-electron chi connectivity index (χ0n) is 12.8. The number of benzene rings is 1. The average Bonchev–Trinajstić information content (AvgIpc) is 2.86. The molecule has 5 nitrogen and oxygen atoms in total. The van der Waals surface area contributed by atoms with Crippen molar-refractivity contribution >= 4 is 22.5 Å². The molecular formula is C15H19FN4OS. The molecule has 0 aliphatic carbocycles. The smallest absolute Gasteiger partial charge is 0.321 e. The Morgan fingerprint density at radius 2 is 2.05 bits per heavy atom. The van der Waals surface area contributed by atoms with Crippen LogP contribution in [0.25, 0.3) is 0 Å². The van der Waals surface area contributed by atoms with Gasteiger partial charge >= 0.3 is 6.03 Å². The number of hydrogen-bond acceptors (Lipinski definition) is 4. The summed E-state index contributed by atoms with van der Waals surface area (Å²) in [5.41, 5.74) is 0.941. The van der Waals surface area contributed by atoms with E-state index in [0.717, 1.165) is 10.4 Å². The van der Waals surface area contributed by atoms with Gasteiger partial charge < -0.3 is 10.2 Å². The number of aryl methyl sites for hydroxylation is 1. The molecular weight excluding hydrogens is 303 g/mol. The molecule has 7 heteroatoms. The van der Waals surface area contributed by atoms with Gasteiger partial charge in [0.25, 0.3) is 0 Å². The third kappa shape index (κ3) is 4.51. The van der Waals surface area contributed by atoms with Crippen LogP contribution in [0.4, 0.5) is 14.3 Å². The van der Waals surface area contributed by atoms with Crippen LogP contribution in [0, 0.1) is 12.7 Å². The van der Waals surface area contributed by atoms with Crippen molar-refractivity contribution in [3.8, 4) is 0 Å². The van der Waals surface area contributed by atoms with E-state index in [1.54, 1.807) is 18.3 Å². The van der Waals surface area contributed by atoms with Gasteiger partial charge in [0.15, 0.2) is 5.13 Å². The summed E-state index contributed by atoms with van der Waals surface area (Å²) in [5, 5.41) is 6.08. The number of carbonyl (C=O) groups is 1. The number of hydrogen-bond donors (Lipinski definition) is 2. The van der Waals surface area contributed by atoms with Gasteiger partial charge in [0.2, 0.25) is 0 Å². The second kappa shape index (κ2) is 7.33. The van der Waals surface area contributed by atoms with Crippen molar-refractivity contribution in [2.45, 2.75) is 13.0 Å². The van der Waals surface area contributed by atoms with Crippen molar-refractivity contribution in [1.29, 1.82) is 0 Å². The molecule has 0 bridgehead atoms. The van der Waals surface area contributed by atoms with Gasteiger partial charge in [0.05, 0.1) is 6.04 Å². The molecule has 22 heavy (non-hydrogen) atoms. The molecule has 1 aromatic carbocycles. The number of aromatic nitrogens is 1. The molecule has 2 amide bonds. The first kappa shape index (κ1) is 16.4. The zero-order valence-corrected chi connectivity index (χ0v) is 13.6. The van der Waals surface area contributed by atoms with Crippen LogP contribution < -0.4 is 10.6 Å². The summed E-state index contributed by atoms with van der Waals surface area (Å²) >= 11 is 1.42. The van der Waals surface area contributed by atoms with Crippen LogP contribution in [0.2, 0.25) is 0 Å². The standard InChI is InChI=1S/C15H19FN4OS/c1-10-8-18-15(22-10)19-14(21)17-9-13(20(2)3)11-4-6-12(16)7-5-11/h4-8,13H,9H2,1-3H3,(H2,17,18,19,21)/t13-/m1/s1. The molecule has 0 aliphatic rings. The lowest BCUT2D eigenvalue weighted by Crippen LogP contribution is -2.36. The second-order valence-corrected chi connectivity index (χ2v) is 6.38. The maximum atomic E-state index is 13.0. The predicted octanol–water partition coefficient (Wildman–Crippen LogP) is 3.02. The Morgan fingerprint density at radius 1 is 1.36 bits per heavy atom. The molecule has 0 fully saturated rings. The number of rotatable bonds is 5. The highest BCUT2D eigenvalue weighted by atomic mass is 32.1. The van der Waals surface area contributed by atoms with E-state index in [9.17, 15) is 9.18 Å². The molecule has 0 radical (unpaired) electrons. The van der Waals surface area contributed by atoms with E-state index < -0.39 is 0 Å². The Labute approximate surface area is 133 Å². The summed E-state index contributed by atoms with van der Waals surface area (Å²) < 4.78 is 13.0. The van der Waals surface area contributed by atoms with Crippen LogP contribution >= 0.6 is 11.3 Å². The normalized spacial score (nSPS) is 12.2. The molecule has 2 rings (SSSR count). The summed E-state index contributed by atoms with van der Waals surface area (Å²) in [6.07, 6.45) is 1.71. The summed E-state index contributed by atoms with van der Waals surface area (Å²) in [7, 11) is 3.83. The summed E-state index contributed by atoms with van der Waals surface area (Å²) in [5.74, 6) is -0.272. The molecule has 0 saturated heterocycles. The minimum Gasteiger partial charge on any atom is -0.336 e. The van der Waals surface area contributed by atoms with Gasteiger partial charge in [-0.05, 0) is 38.7 Å². The summed E-state index contributed by atoms with van der Waals surface area (Å²) in [4.78, 5) is 19.0. The number of halogens is 1. The average molecular weight is 322 g/mol. The molecule has 0 spiro atoms. The van der Waals surface area contributed by atoms with Crippen molar-refractivity contribution in [2.75, 3.05) is 26.0 Å². The molecule has 118 valence electrons. The van der Waals surface area contributed by atoms with Crippen molar-refractivity contribution < 1.29 is 9.18 Å². The van der Waals surface area contributed by atoms with E-state index >= 15 is 0 Å². The maximum Gasteiger partial charge on any atom is 0.321 e. The second-order valence-electron chi connectivity index (χ2n) is 5.14. The minimum atomic E-state index is -0.302. The van der Waals surface area contributed by atoms with Gasteiger partial charge in [0.1, 0.15) is 5.82 Å². The first-order chi connectivity index (χ1) is 10.5. The lowest BCUT2D eigenvalue weighted by molar-refractivity contribution is 0.243. The van der Waals surface area contributed by atoms with E-state index in [-0.39, 0.29) is 17.9 Å². The van der Waals surface area contributed by atoms with Crippen LogP contribution in [-0.2, 0) is 0 Å². The molecule has 1 aromatic heterocycles. The topological polar surface area (TPSA) is 57.3 Å². The monoisotopic (exact) mass is 322 g/mol. The van der Waals surface area contributed by atoms with Gasteiger partial charge in [-0.25, -0.2) is 14.2 Å². The zero-order chi connectivity index (χ0) is 16.1. The number of nitrogens with zero attached hydrogens (tertiary/aromatic N) is 2. The van der Waals surface area contributed by atoms with Crippen molar-refractivity contribution in [3.05, 3.63) is 46.7 Å². The molecule has 0 saturated carbocycles. The number of anilines is 1. The third-order valence-corrected chi connectivity index (χ3v) is 4.00. The van der Waals surface area contributed by atoms with Crippen LogP contribution in [0.5, 0.6) is 0 Å². The van der Waals surface area contributed by atoms with E-state index in [4.69, 9.17) is 0 Å². The lowest BCUT2D eigenvalue weighted by atomic mass is 10.1. The van der Waals surface area contributed by atoms with Crippen molar-refractivity contribution in [3.63, 3.8) is 0 Å². The van der Waals surface area contributed by atoms with Gasteiger partial charge in [-0.2, -0.15) is 0 Å². The fraction of sp³-hybridized carbons (Fsp3) is 0.333. The van der Waals surface area contributed by atoms with E-state index in [1.165, 1.54) is 23.5 Å². The largest absolute Gasteiger partial charge is 0.336 e. The van der Waals surface area contributed by atoms with Crippen molar-refractivity contribution in [1.82, 2.24) is 15.2 Å². The first-order valence-corrected chi connectivity index (χ1v) is 7.66. The lowest BCUT2D eigenvalue weighted by Gasteiger charge is -2.25. The molecule has 0 unspecified atom stereocenters. The van der Waals surface area contributed by atoms with E-state index in [2.05, 4.69) is 15.6 Å². The number of amides is 2. The third-order valence-electron chi connectivity index (χ3n) is 3.18. The van der Waals surface area contributed by atoms with Gasteiger partial charge in [-0.1, -0.05) is 12.1 Å². The highest BCUT2D eigenvalue weighted by molar-refractivity contribution is 7.15. The Balaban J connectivity index is 1.94. The van der Waals surface area contributed by atoms with Gasteiger partial charge in [0, 0.05) is 17.6 Å². The summed E-state index contributed by atoms with van der Waals surface area (Å²) in [6.45, 7) is 2.34. The number of nitrogens with one attached hydrogen (secondary N) is 2. The molecule has 1 atom stereocenters. The van der Waals surface area contributed by atoms with E-state index in [0.29, 0.717) is 11.7 Å². The molecule has 2 N–H and O–H groups in total. The van der Waals surface area contributed by atoms with E-state index in [1.807, 2.05) is 25.9 Å². The first-order valence-electron chi connectivity index (χ1n) is 6.85. The molecule has 2 aromatic rings. The highest BCUT2D eigenvalue weighted by Gasteiger charge is 2.15. The Bertz CT molecular complexity index is 627.